The highest BCUT2D eigenvalue weighted by Crippen LogP contribution is 2.60. The van der Waals surface area contributed by atoms with E-state index in [4.69, 9.17) is 4.74 Å². The van der Waals surface area contributed by atoms with Crippen LogP contribution in [0.3, 0.4) is 0 Å². The summed E-state index contributed by atoms with van der Waals surface area (Å²) in [4.78, 5) is 37.0. The minimum atomic E-state index is -0.383. The third kappa shape index (κ3) is 3.77. The van der Waals surface area contributed by atoms with Gasteiger partial charge in [0.25, 0.3) is 11.8 Å². The molecule has 0 aliphatic heterocycles. The maximum atomic E-state index is 12.8. The van der Waals surface area contributed by atoms with Crippen molar-refractivity contribution in [2.24, 2.45) is 23.2 Å². The Bertz CT molecular complexity index is 753. The van der Waals surface area contributed by atoms with Gasteiger partial charge in [0.1, 0.15) is 0 Å². The third-order valence-electron chi connectivity index (χ3n) is 6.55. The summed E-state index contributed by atoms with van der Waals surface area (Å²) in [5, 5.41) is 5.44. The van der Waals surface area contributed by atoms with Crippen LogP contribution in [-0.4, -0.2) is 30.9 Å². The second kappa shape index (κ2) is 7.57. The summed E-state index contributed by atoms with van der Waals surface area (Å²) in [7, 11) is 0. The van der Waals surface area contributed by atoms with Crippen LogP contribution < -0.4 is 10.6 Å². The Labute approximate surface area is 165 Å². The maximum absolute atomic E-state index is 12.8. The van der Waals surface area contributed by atoms with Crippen molar-refractivity contribution in [3.63, 3.8) is 0 Å². The predicted octanol–water partition coefficient (Wildman–Crippen LogP) is 3.13. The van der Waals surface area contributed by atoms with E-state index in [1.807, 2.05) is 6.92 Å². The number of hydrogen-bond acceptors (Lipinski definition) is 4. The number of ether oxygens (including phenoxy) is 1. The topological polar surface area (TPSA) is 84.5 Å². The van der Waals surface area contributed by atoms with E-state index in [-0.39, 0.29) is 29.8 Å². The van der Waals surface area contributed by atoms with Crippen molar-refractivity contribution in [2.45, 2.75) is 45.4 Å². The standard InChI is InChI=1S/C22H28N2O4/c1-2-23-20(26)17-4-3-5-18(9-17)24-19(25)13-28-21(27)22-10-14-6-15(11-22)8-16(7-14)12-22/h3-5,9,14-16H,2,6-8,10-13H2,1H3,(H,23,26)(H,24,25). The van der Waals surface area contributed by atoms with Gasteiger partial charge >= 0.3 is 5.97 Å². The third-order valence-corrected chi connectivity index (χ3v) is 6.55. The van der Waals surface area contributed by atoms with Crippen LogP contribution in [0.25, 0.3) is 0 Å². The van der Waals surface area contributed by atoms with Gasteiger partial charge in [-0.15, -0.1) is 0 Å². The van der Waals surface area contributed by atoms with Gasteiger partial charge in [-0.05, 0) is 81.4 Å². The van der Waals surface area contributed by atoms with Crippen LogP contribution in [0, 0.1) is 23.2 Å². The fraction of sp³-hybridized carbons (Fsp3) is 0.591. The van der Waals surface area contributed by atoms with E-state index in [9.17, 15) is 14.4 Å². The number of nitrogens with one attached hydrogen (secondary N) is 2. The first-order valence-electron chi connectivity index (χ1n) is 10.3. The smallest absolute Gasteiger partial charge is 0.312 e. The Morgan fingerprint density at radius 1 is 1.07 bits per heavy atom. The Kier molecular flexibility index (Phi) is 5.13. The SMILES string of the molecule is CCNC(=O)c1cccc(NC(=O)COC(=O)C23CC4CC(CC(C4)C2)C3)c1. The van der Waals surface area contributed by atoms with Gasteiger partial charge in [0.15, 0.2) is 6.61 Å². The number of hydrogen-bond donors (Lipinski definition) is 2. The molecule has 4 saturated carbocycles. The van der Waals surface area contributed by atoms with Crippen molar-refractivity contribution >= 4 is 23.5 Å². The molecule has 4 aliphatic rings. The summed E-state index contributed by atoms with van der Waals surface area (Å²) in [5.41, 5.74) is 0.637. The molecule has 2 amide bonds. The number of anilines is 1. The molecule has 28 heavy (non-hydrogen) atoms. The summed E-state index contributed by atoms with van der Waals surface area (Å²) >= 11 is 0. The molecule has 5 rings (SSSR count). The zero-order valence-electron chi connectivity index (χ0n) is 16.3. The first-order valence-corrected chi connectivity index (χ1v) is 10.3. The fourth-order valence-corrected chi connectivity index (χ4v) is 5.84. The number of rotatable bonds is 6. The Hall–Kier alpha value is -2.37. The Balaban J connectivity index is 1.32. The molecule has 1 aromatic rings. The monoisotopic (exact) mass is 384 g/mol. The van der Waals surface area contributed by atoms with Crippen LogP contribution in [-0.2, 0) is 14.3 Å². The van der Waals surface area contributed by atoms with Crippen molar-refractivity contribution < 1.29 is 19.1 Å². The first kappa shape index (κ1) is 19.0. The first-order chi connectivity index (χ1) is 13.5. The van der Waals surface area contributed by atoms with Gasteiger partial charge in [-0.25, -0.2) is 0 Å². The molecule has 0 spiro atoms. The number of amides is 2. The predicted molar refractivity (Wildman–Crippen MR) is 105 cm³/mol. The molecule has 4 bridgehead atoms. The zero-order chi connectivity index (χ0) is 19.7. The number of carbonyl (C=O) groups excluding carboxylic acids is 3. The average molecular weight is 384 g/mol. The van der Waals surface area contributed by atoms with E-state index >= 15 is 0 Å². The minimum absolute atomic E-state index is 0.188. The summed E-state index contributed by atoms with van der Waals surface area (Å²) in [6.45, 7) is 2.10. The van der Waals surface area contributed by atoms with Crippen molar-refractivity contribution in [3.8, 4) is 0 Å². The van der Waals surface area contributed by atoms with Gasteiger partial charge in [0.05, 0.1) is 5.41 Å². The van der Waals surface area contributed by atoms with E-state index < -0.39 is 0 Å². The second-order valence-corrected chi connectivity index (χ2v) is 8.76. The lowest BCUT2D eigenvalue weighted by Crippen LogP contribution is -2.50. The Morgan fingerprint density at radius 3 is 2.32 bits per heavy atom. The summed E-state index contributed by atoms with van der Waals surface area (Å²) in [5.74, 6) is 1.20. The van der Waals surface area contributed by atoms with Gasteiger partial charge in [-0.3, -0.25) is 14.4 Å². The molecule has 4 aliphatic carbocycles. The molecule has 0 radical (unpaired) electrons. The molecule has 2 N–H and O–H groups in total. The summed E-state index contributed by atoms with van der Waals surface area (Å²) < 4.78 is 5.45. The number of benzene rings is 1. The summed E-state index contributed by atoms with van der Waals surface area (Å²) in [6.07, 6.45) is 6.55. The highest BCUT2D eigenvalue weighted by Gasteiger charge is 2.55. The van der Waals surface area contributed by atoms with E-state index in [2.05, 4.69) is 10.6 Å². The molecule has 0 unspecified atom stereocenters. The lowest BCUT2D eigenvalue weighted by molar-refractivity contribution is -0.172. The van der Waals surface area contributed by atoms with Crippen LogP contribution in [0.15, 0.2) is 24.3 Å². The van der Waals surface area contributed by atoms with Crippen molar-refractivity contribution in [1.82, 2.24) is 5.32 Å². The average Bonchev–Trinajstić information content (AvgIpc) is 2.65. The van der Waals surface area contributed by atoms with Crippen LogP contribution in [0.5, 0.6) is 0 Å². The Morgan fingerprint density at radius 2 is 1.71 bits per heavy atom. The van der Waals surface area contributed by atoms with Crippen LogP contribution >= 0.6 is 0 Å². The minimum Gasteiger partial charge on any atom is -0.455 e. The highest BCUT2D eigenvalue weighted by atomic mass is 16.5. The quantitative estimate of drug-likeness (QED) is 0.738. The van der Waals surface area contributed by atoms with E-state index in [1.54, 1.807) is 24.3 Å². The molecule has 0 saturated heterocycles. The molecule has 4 fully saturated rings. The number of carbonyl (C=O) groups is 3. The van der Waals surface area contributed by atoms with Gasteiger partial charge in [-0.1, -0.05) is 6.07 Å². The van der Waals surface area contributed by atoms with E-state index in [1.165, 1.54) is 19.3 Å². The molecule has 1 aromatic carbocycles. The molecule has 0 atom stereocenters. The molecular formula is C22H28N2O4. The molecule has 0 aromatic heterocycles. The molecule has 0 heterocycles. The maximum Gasteiger partial charge on any atom is 0.312 e. The van der Waals surface area contributed by atoms with Gasteiger partial charge in [0, 0.05) is 17.8 Å². The van der Waals surface area contributed by atoms with Crippen LogP contribution in [0.1, 0.15) is 55.8 Å². The number of esters is 1. The van der Waals surface area contributed by atoms with Crippen molar-refractivity contribution in [1.29, 1.82) is 0 Å². The fourth-order valence-electron chi connectivity index (χ4n) is 5.84. The van der Waals surface area contributed by atoms with Crippen LogP contribution in [0.4, 0.5) is 5.69 Å². The highest BCUT2D eigenvalue weighted by molar-refractivity contribution is 5.97. The van der Waals surface area contributed by atoms with Gasteiger partial charge in [0.2, 0.25) is 0 Å². The van der Waals surface area contributed by atoms with Crippen LogP contribution in [0.2, 0.25) is 0 Å². The van der Waals surface area contributed by atoms with Crippen molar-refractivity contribution in [3.05, 3.63) is 29.8 Å². The lowest BCUT2D eigenvalue weighted by atomic mass is 9.49. The van der Waals surface area contributed by atoms with Gasteiger partial charge < -0.3 is 15.4 Å². The largest absolute Gasteiger partial charge is 0.455 e. The second-order valence-electron chi connectivity index (χ2n) is 8.76. The van der Waals surface area contributed by atoms with E-state index in [0.717, 1.165) is 19.3 Å². The summed E-state index contributed by atoms with van der Waals surface area (Å²) in [6, 6.07) is 6.72. The molecular weight excluding hydrogens is 356 g/mol. The molecule has 150 valence electrons. The molecule has 6 nitrogen and oxygen atoms in total. The van der Waals surface area contributed by atoms with Crippen molar-refractivity contribution in [2.75, 3.05) is 18.5 Å². The van der Waals surface area contributed by atoms with Gasteiger partial charge in [-0.2, -0.15) is 0 Å². The zero-order valence-corrected chi connectivity index (χ0v) is 16.3. The molecule has 6 heteroatoms. The lowest BCUT2D eigenvalue weighted by Gasteiger charge is -2.55. The normalized spacial score (nSPS) is 30.0. The van der Waals surface area contributed by atoms with E-state index in [0.29, 0.717) is 35.5 Å².